The van der Waals surface area contributed by atoms with E-state index in [0.717, 1.165) is 19.3 Å². The number of amides is 1. The second-order valence-corrected chi connectivity index (χ2v) is 9.60. The number of nitrogens with one attached hydrogen (secondary N) is 1. The van der Waals surface area contributed by atoms with Gasteiger partial charge in [0.1, 0.15) is 30.6 Å². The predicted octanol–water partition coefficient (Wildman–Crippen LogP) is 5.56. The van der Waals surface area contributed by atoms with E-state index in [1.807, 2.05) is 6.92 Å². The molecule has 0 saturated carbocycles. The van der Waals surface area contributed by atoms with Crippen molar-refractivity contribution in [1.29, 1.82) is 0 Å². The third-order valence-electron chi connectivity index (χ3n) is 5.99. The first-order valence-corrected chi connectivity index (χ1v) is 15.1. The number of alkyl halides is 1. The van der Waals surface area contributed by atoms with Crippen molar-refractivity contribution in [1.82, 2.24) is 5.32 Å². The van der Waals surface area contributed by atoms with Crippen LogP contribution in [-0.4, -0.2) is 82.5 Å². The van der Waals surface area contributed by atoms with Crippen LogP contribution < -0.4 is 5.32 Å². The molecule has 0 aromatic heterocycles. The lowest BCUT2D eigenvalue weighted by Gasteiger charge is -2.40. The molecule has 2 unspecified atom stereocenters. The summed E-state index contributed by atoms with van der Waals surface area (Å²) in [6, 6.07) is -1.18. The minimum absolute atomic E-state index is 0. The molecular formula is C41H80FNO7. The molecule has 50 heavy (non-hydrogen) atoms. The number of ether oxygens (including phenoxy) is 2. The Hall–Kier alpha value is -6.12. The Labute approximate surface area is 329 Å². The largest absolute Gasteiger partial charge is 0.394 e. The van der Waals surface area contributed by atoms with Crippen LogP contribution in [0, 0.1) is 142 Å². The Morgan fingerprint density at radius 2 is 1.18 bits per heavy atom. The third kappa shape index (κ3) is 19.5. The van der Waals surface area contributed by atoms with Crippen molar-refractivity contribution in [3.63, 3.8) is 0 Å². The molecule has 8 nitrogen and oxygen atoms in total. The van der Waals surface area contributed by atoms with Gasteiger partial charge < -0.3 is 35.2 Å². The van der Waals surface area contributed by atoms with Crippen molar-refractivity contribution in [3.8, 4) is 142 Å². The lowest BCUT2D eigenvalue weighted by molar-refractivity contribution is -0.302. The van der Waals surface area contributed by atoms with Crippen LogP contribution in [0.4, 0.5) is 4.39 Å². The number of rotatable bonds is 11. The number of hydrogen-bond donors (Lipinski definition) is 5. The van der Waals surface area contributed by atoms with Gasteiger partial charge in [0.15, 0.2) is 6.29 Å². The molecule has 1 aliphatic heterocycles. The Morgan fingerprint density at radius 3 is 1.62 bits per heavy atom. The van der Waals surface area contributed by atoms with Crippen molar-refractivity contribution in [2.45, 2.75) is 88.9 Å². The molecule has 0 bridgehead atoms. The first-order chi connectivity index (χ1) is 24.3. The van der Waals surface area contributed by atoms with Crippen molar-refractivity contribution in [2.24, 2.45) is 0 Å². The molecule has 298 valence electrons. The Morgan fingerprint density at radius 1 is 0.720 bits per heavy atom. The normalized spacial score (nSPS) is 18.3. The van der Waals surface area contributed by atoms with Crippen LogP contribution in [0.3, 0.4) is 0 Å². The van der Waals surface area contributed by atoms with E-state index < -0.39 is 62.0 Å². The fraction of sp³-hybridized carbons (Fsp3) is 0.390. The molecule has 1 fully saturated rings. The molecule has 0 radical (unpaired) electrons. The van der Waals surface area contributed by atoms with Gasteiger partial charge in [0.25, 0.3) is 5.91 Å². The van der Waals surface area contributed by atoms with Gasteiger partial charge in [-0.25, -0.2) is 4.39 Å². The third-order valence-corrected chi connectivity index (χ3v) is 5.99. The molecule has 5 N–H and O–H groups in total. The van der Waals surface area contributed by atoms with Crippen LogP contribution in [0.25, 0.3) is 0 Å². The number of aliphatic hydroxyl groups is 4. The standard InChI is InChI=1S/C41H32FNO7.24H2/c1-3-5-7-9-10-11-12-13-14-15-16-17-18-19-20-21-22-23-24-25-26-27-29-31-37(45)43-35(34(42)30-28-8-6-4-2)33-49-41-40(48)39(47)38(46)36(32-44)50-41;;;;;;;;;;;;;;;;;;;;;;;;/h34-36,38-41,44,46-48H,4,6,8,28,30,32-33H2,1-2H3,(H,43,45);24*1H/t34-,35+,36?,38+,39+,40?,41+;;;;;;;;;;;;;;;;;;;;;;;;/m1......................../s1. The summed E-state index contributed by atoms with van der Waals surface area (Å²) in [5, 5.41) is 41.9. The number of hydrogen-bond acceptors (Lipinski definition) is 7. The minimum Gasteiger partial charge on any atom is -0.394 e. The minimum atomic E-state index is -1.67. The van der Waals surface area contributed by atoms with E-state index in [9.17, 15) is 25.2 Å². The summed E-state index contributed by atoms with van der Waals surface area (Å²) in [6.45, 7) is 2.60. The molecule has 1 saturated heterocycles. The Balaban J connectivity index is -0.0000000473. The van der Waals surface area contributed by atoms with E-state index in [1.54, 1.807) is 6.92 Å². The average Bonchev–Trinajstić information content (AvgIpc) is 3.11. The molecular weight excluding hydrogens is 637 g/mol. The summed E-state index contributed by atoms with van der Waals surface area (Å²) in [7, 11) is 0. The SMILES string of the molecule is CC#CC#CC#CC#CC#CC#CC#CC#CC#CC#CC#CC#CC(=O)N[C@@H](CO[C@H]1OC(CO)[C@H](O)[C@H](O)C1O)[C@H](F)CCCCCC.[HH].[HH].[HH].[HH].[HH].[HH].[HH].[HH].[HH].[HH].[HH].[HH].[HH].[HH].[HH].[HH].[HH].[HH].[HH].[HH].[HH].[HH].[HH].[HH]. The highest BCUT2D eigenvalue weighted by Gasteiger charge is 2.44. The van der Waals surface area contributed by atoms with Crippen LogP contribution in [0.5, 0.6) is 0 Å². The maximum Gasteiger partial charge on any atom is 0.297 e. The second-order valence-electron chi connectivity index (χ2n) is 9.60. The number of aliphatic hydroxyl groups excluding tert-OH is 4. The summed E-state index contributed by atoms with van der Waals surface area (Å²) < 4.78 is 25.9. The van der Waals surface area contributed by atoms with Crippen LogP contribution in [-0.2, 0) is 14.3 Å². The van der Waals surface area contributed by atoms with Crippen LogP contribution >= 0.6 is 0 Å². The van der Waals surface area contributed by atoms with Gasteiger partial charge in [-0.3, -0.25) is 4.79 Å². The van der Waals surface area contributed by atoms with Gasteiger partial charge in [-0.15, -0.1) is 0 Å². The number of unbranched alkanes of at least 4 members (excludes halogenated alkanes) is 3. The zero-order valence-corrected chi connectivity index (χ0v) is 27.4. The highest BCUT2D eigenvalue weighted by molar-refractivity contribution is 5.94. The number of carbonyl (C=O) groups excluding carboxylic acids is 1. The monoisotopic (exact) mass is 718 g/mol. The van der Waals surface area contributed by atoms with E-state index in [-0.39, 0.29) is 40.7 Å². The van der Waals surface area contributed by atoms with Gasteiger partial charge in [-0.05, 0) is 108 Å². The van der Waals surface area contributed by atoms with E-state index in [1.165, 1.54) is 0 Å². The summed E-state index contributed by atoms with van der Waals surface area (Å²) in [4.78, 5) is 12.4. The van der Waals surface area contributed by atoms with Crippen LogP contribution in [0.2, 0.25) is 0 Å². The lowest BCUT2D eigenvalue weighted by Crippen LogP contribution is -2.59. The zero-order valence-electron chi connectivity index (χ0n) is 27.4. The first-order valence-electron chi connectivity index (χ1n) is 15.1. The van der Waals surface area contributed by atoms with E-state index in [4.69, 9.17) is 9.47 Å². The maximum atomic E-state index is 15.1. The fourth-order valence-corrected chi connectivity index (χ4v) is 3.59. The predicted molar refractivity (Wildman–Crippen MR) is 235 cm³/mol. The van der Waals surface area contributed by atoms with E-state index >= 15 is 4.39 Å². The topological polar surface area (TPSA) is 128 Å². The lowest BCUT2D eigenvalue weighted by atomic mass is 9.99. The van der Waals surface area contributed by atoms with Crippen molar-refractivity contribution >= 4 is 5.91 Å². The molecule has 0 aromatic rings. The molecule has 7 atom stereocenters. The number of carbonyl (C=O) groups is 1. The smallest absolute Gasteiger partial charge is 0.297 e. The molecule has 0 aromatic carbocycles. The fourth-order valence-electron chi connectivity index (χ4n) is 3.59. The maximum absolute atomic E-state index is 15.1. The van der Waals surface area contributed by atoms with Gasteiger partial charge in [0, 0.05) is 75.7 Å². The van der Waals surface area contributed by atoms with Gasteiger partial charge >= 0.3 is 0 Å². The van der Waals surface area contributed by atoms with Crippen molar-refractivity contribution < 1.29 is 73.3 Å². The molecule has 9 heteroatoms. The van der Waals surface area contributed by atoms with Gasteiger partial charge in [0.2, 0.25) is 0 Å². The molecule has 0 spiro atoms. The van der Waals surface area contributed by atoms with Crippen LogP contribution in [0.15, 0.2) is 0 Å². The highest BCUT2D eigenvalue weighted by Crippen LogP contribution is 2.22. The van der Waals surface area contributed by atoms with Crippen LogP contribution in [0.1, 0.15) is 80.2 Å². The summed E-state index contributed by atoms with van der Waals surface area (Å²) in [6.07, 6.45) is -5.70. The van der Waals surface area contributed by atoms with Gasteiger partial charge in [-0.2, -0.15) is 0 Å². The van der Waals surface area contributed by atoms with Gasteiger partial charge in [-0.1, -0.05) is 38.5 Å². The summed E-state index contributed by atoms with van der Waals surface area (Å²) >= 11 is 0. The molecule has 1 rings (SSSR count). The van der Waals surface area contributed by atoms with E-state index in [0.29, 0.717) is 6.42 Å². The summed E-state index contributed by atoms with van der Waals surface area (Å²) in [5.41, 5.74) is 0. The number of halogens is 1. The van der Waals surface area contributed by atoms with E-state index in [2.05, 4.69) is 147 Å². The summed E-state index contributed by atoms with van der Waals surface area (Å²) in [5.74, 6) is 58.2. The molecule has 1 aliphatic rings. The Bertz CT molecular complexity index is 2020. The average molecular weight is 718 g/mol. The zero-order chi connectivity index (χ0) is 36.7. The molecule has 1 amide bonds. The molecule has 1 heterocycles. The van der Waals surface area contributed by atoms with Crippen molar-refractivity contribution in [2.75, 3.05) is 13.2 Å². The first kappa shape index (κ1) is 41.9. The molecule has 0 aliphatic carbocycles. The van der Waals surface area contributed by atoms with Crippen molar-refractivity contribution in [3.05, 3.63) is 0 Å². The Kier molecular flexibility index (Phi) is 23.4. The quantitative estimate of drug-likeness (QED) is 0.140. The second kappa shape index (κ2) is 27.9. The van der Waals surface area contributed by atoms with Gasteiger partial charge in [0.05, 0.1) is 19.3 Å². The highest BCUT2D eigenvalue weighted by atomic mass is 19.1.